The number of nitrogens with zero attached hydrogens (tertiary/aromatic N) is 2. The lowest BCUT2D eigenvalue weighted by molar-refractivity contribution is -0.0498. The van der Waals surface area contributed by atoms with Crippen molar-refractivity contribution in [2.45, 2.75) is 20.1 Å². The maximum Gasteiger partial charge on any atom is 0.387 e. The molecule has 0 radical (unpaired) electrons. The van der Waals surface area contributed by atoms with Gasteiger partial charge in [0.15, 0.2) is 5.11 Å². The third-order valence-corrected chi connectivity index (χ3v) is 5.01. The smallest absolute Gasteiger partial charge is 0.387 e. The molecule has 1 N–H and O–H groups in total. The van der Waals surface area contributed by atoms with Crippen molar-refractivity contribution in [3.8, 4) is 5.75 Å². The fourth-order valence-electron chi connectivity index (χ4n) is 3.06. The predicted octanol–water partition coefficient (Wildman–Crippen LogP) is 4.11. The molecule has 1 aliphatic heterocycles. The van der Waals surface area contributed by atoms with Crippen molar-refractivity contribution in [2.24, 2.45) is 0 Å². The van der Waals surface area contributed by atoms with Gasteiger partial charge in [-0.3, -0.25) is 4.90 Å². The molecule has 1 heterocycles. The largest absolute Gasteiger partial charge is 0.435 e. The Bertz CT molecular complexity index is 762. The van der Waals surface area contributed by atoms with Gasteiger partial charge in [-0.2, -0.15) is 8.78 Å². The van der Waals surface area contributed by atoms with E-state index in [0.29, 0.717) is 5.11 Å². The number of hydrogen-bond acceptors (Lipinski definition) is 3. The molecule has 0 unspecified atom stereocenters. The summed E-state index contributed by atoms with van der Waals surface area (Å²) in [6, 6.07) is 14.8. The van der Waals surface area contributed by atoms with Crippen LogP contribution in [0.25, 0.3) is 0 Å². The third-order valence-electron chi connectivity index (χ3n) is 4.65. The second-order valence-corrected chi connectivity index (χ2v) is 6.91. The monoisotopic (exact) mass is 391 g/mol. The number of benzene rings is 2. The van der Waals surface area contributed by atoms with E-state index in [-0.39, 0.29) is 5.75 Å². The van der Waals surface area contributed by atoms with Crippen LogP contribution in [0.4, 0.5) is 14.5 Å². The first-order valence-electron chi connectivity index (χ1n) is 8.89. The first-order valence-corrected chi connectivity index (χ1v) is 9.30. The minimum atomic E-state index is -2.82. The Hall–Kier alpha value is -2.25. The van der Waals surface area contributed by atoms with Crippen molar-refractivity contribution in [3.05, 3.63) is 59.7 Å². The number of anilines is 1. The van der Waals surface area contributed by atoms with E-state index >= 15 is 0 Å². The summed E-state index contributed by atoms with van der Waals surface area (Å²) in [6.45, 7) is 3.86. The highest BCUT2D eigenvalue weighted by Crippen LogP contribution is 2.18. The number of nitrogens with one attached hydrogen (secondary N) is 1. The molecule has 0 spiro atoms. The summed E-state index contributed by atoms with van der Waals surface area (Å²) in [4.78, 5) is 4.56. The first kappa shape index (κ1) is 19.5. The second kappa shape index (κ2) is 9.10. The van der Waals surface area contributed by atoms with E-state index in [2.05, 4.69) is 51.0 Å². The molecule has 0 aromatic heterocycles. The maximum absolute atomic E-state index is 12.2. The van der Waals surface area contributed by atoms with Gasteiger partial charge < -0.3 is 15.0 Å². The summed E-state index contributed by atoms with van der Waals surface area (Å²) >= 11 is 5.49. The zero-order valence-corrected chi connectivity index (χ0v) is 16.0. The van der Waals surface area contributed by atoms with Gasteiger partial charge in [0.05, 0.1) is 0 Å². The molecule has 0 bridgehead atoms. The average molecular weight is 391 g/mol. The van der Waals surface area contributed by atoms with Gasteiger partial charge in [-0.05, 0) is 54.5 Å². The standard InChI is InChI=1S/C20H23F2N3OS/c1-15-4-2-3-5-16(15)14-24-10-12-25(13-11-24)20(27)23-17-6-8-18(9-7-17)26-19(21)22/h2-9,19H,10-14H2,1H3,(H,23,27). The SMILES string of the molecule is Cc1ccccc1CN1CCN(C(=S)Nc2ccc(OC(F)F)cc2)CC1. The number of rotatable bonds is 5. The van der Waals surface area contributed by atoms with Crippen molar-refractivity contribution in [1.29, 1.82) is 0 Å². The van der Waals surface area contributed by atoms with Gasteiger partial charge in [0.25, 0.3) is 0 Å². The van der Waals surface area contributed by atoms with Crippen LogP contribution in [0.1, 0.15) is 11.1 Å². The number of halogens is 2. The Morgan fingerprint density at radius 2 is 1.74 bits per heavy atom. The van der Waals surface area contributed by atoms with Gasteiger partial charge in [0, 0.05) is 38.4 Å². The minimum absolute atomic E-state index is 0.131. The van der Waals surface area contributed by atoms with Crippen LogP contribution in [0, 0.1) is 6.92 Å². The third kappa shape index (κ3) is 5.61. The van der Waals surface area contributed by atoms with Gasteiger partial charge in [0.2, 0.25) is 0 Å². The van der Waals surface area contributed by atoms with E-state index in [1.165, 1.54) is 23.3 Å². The number of alkyl halides is 2. The molecule has 0 saturated carbocycles. The summed E-state index contributed by atoms with van der Waals surface area (Å²) in [5.74, 6) is 0.131. The van der Waals surface area contributed by atoms with E-state index in [4.69, 9.17) is 12.2 Å². The Balaban J connectivity index is 1.47. The molecule has 7 heteroatoms. The molecule has 144 valence electrons. The van der Waals surface area contributed by atoms with Crippen LogP contribution in [0.2, 0.25) is 0 Å². The molecule has 2 aromatic carbocycles. The highest BCUT2D eigenvalue weighted by molar-refractivity contribution is 7.80. The van der Waals surface area contributed by atoms with E-state index in [1.54, 1.807) is 12.1 Å². The van der Waals surface area contributed by atoms with Crippen molar-refractivity contribution in [3.63, 3.8) is 0 Å². The number of aryl methyl sites for hydroxylation is 1. The highest BCUT2D eigenvalue weighted by atomic mass is 32.1. The number of hydrogen-bond donors (Lipinski definition) is 1. The van der Waals surface area contributed by atoms with Crippen molar-refractivity contribution < 1.29 is 13.5 Å². The Labute approximate surface area is 163 Å². The zero-order chi connectivity index (χ0) is 19.2. The number of ether oxygens (including phenoxy) is 1. The molecule has 2 aromatic rings. The average Bonchev–Trinajstić information content (AvgIpc) is 2.65. The molecule has 1 saturated heterocycles. The summed E-state index contributed by atoms with van der Waals surface area (Å²) in [6.07, 6.45) is 0. The van der Waals surface area contributed by atoms with E-state index in [9.17, 15) is 8.78 Å². The lowest BCUT2D eigenvalue weighted by atomic mass is 10.1. The van der Waals surface area contributed by atoms with Gasteiger partial charge in [-0.15, -0.1) is 0 Å². The van der Waals surface area contributed by atoms with Gasteiger partial charge >= 0.3 is 6.61 Å². The molecule has 0 amide bonds. The Kier molecular flexibility index (Phi) is 6.58. The normalized spacial score (nSPS) is 15.0. The molecule has 0 aliphatic carbocycles. The zero-order valence-electron chi connectivity index (χ0n) is 15.2. The fourth-order valence-corrected chi connectivity index (χ4v) is 3.36. The van der Waals surface area contributed by atoms with Crippen molar-refractivity contribution >= 4 is 23.0 Å². The van der Waals surface area contributed by atoms with Crippen LogP contribution < -0.4 is 10.1 Å². The second-order valence-electron chi connectivity index (χ2n) is 6.52. The first-order chi connectivity index (χ1) is 13.0. The summed E-state index contributed by atoms with van der Waals surface area (Å²) in [5, 5.41) is 3.81. The van der Waals surface area contributed by atoms with E-state index in [0.717, 1.165) is 38.4 Å². The Morgan fingerprint density at radius 3 is 2.37 bits per heavy atom. The molecular weight excluding hydrogens is 368 g/mol. The lowest BCUT2D eigenvalue weighted by Crippen LogP contribution is -2.49. The lowest BCUT2D eigenvalue weighted by Gasteiger charge is -2.36. The quantitative estimate of drug-likeness (QED) is 0.775. The minimum Gasteiger partial charge on any atom is -0.435 e. The van der Waals surface area contributed by atoms with E-state index < -0.39 is 6.61 Å². The molecular formula is C20H23F2N3OS. The molecule has 27 heavy (non-hydrogen) atoms. The van der Waals surface area contributed by atoms with Crippen LogP contribution in [0.15, 0.2) is 48.5 Å². The summed E-state index contributed by atoms with van der Waals surface area (Å²) in [5.41, 5.74) is 3.43. The highest BCUT2D eigenvalue weighted by Gasteiger charge is 2.19. The Morgan fingerprint density at radius 1 is 1.07 bits per heavy atom. The summed E-state index contributed by atoms with van der Waals surface area (Å²) in [7, 11) is 0. The van der Waals surface area contributed by atoms with Gasteiger partial charge in [0.1, 0.15) is 5.75 Å². The molecule has 3 rings (SSSR count). The molecule has 4 nitrogen and oxygen atoms in total. The fraction of sp³-hybridized carbons (Fsp3) is 0.350. The van der Waals surface area contributed by atoms with Gasteiger partial charge in [-0.1, -0.05) is 24.3 Å². The maximum atomic E-state index is 12.2. The molecule has 1 aliphatic rings. The van der Waals surface area contributed by atoms with Crippen LogP contribution in [0.5, 0.6) is 5.75 Å². The van der Waals surface area contributed by atoms with Crippen molar-refractivity contribution in [1.82, 2.24) is 9.80 Å². The molecule has 0 atom stereocenters. The van der Waals surface area contributed by atoms with Crippen LogP contribution in [0.3, 0.4) is 0 Å². The van der Waals surface area contributed by atoms with Gasteiger partial charge in [-0.25, -0.2) is 0 Å². The number of piperazine rings is 1. The van der Waals surface area contributed by atoms with Crippen LogP contribution in [-0.2, 0) is 6.54 Å². The molecule has 1 fully saturated rings. The van der Waals surface area contributed by atoms with Crippen molar-refractivity contribution in [2.75, 3.05) is 31.5 Å². The summed E-state index contributed by atoms with van der Waals surface area (Å²) < 4.78 is 28.7. The number of thiocarbonyl (C=S) groups is 1. The predicted molar refractivity (Wildman–Crippen MR) is 107 cm³/mol. The topological polar surface area (TPSA) is 27.7 Å². The van der Waals surface area contributed by atoms with E-state index in [1.807, 2.05) is 0 Å². The van der Waals surface area contributed by atoms with Crippen LogP contribution in [-0.4, -0.2) is 47.7 Å². The van der Waals surface area contributed by atoms with Crippen LogP contribution >= 0.6 is 12.2 Å².